The molecular formula is C11H26N2O2S. The standard InChI is InChI=1S/C11H26N2O2S/c1-5-16(14,15)8-6-7-10(13-12)9-11(2,3)4/h10,13H,5-9,12H2,1-4H3. The van der Waals surface area contributed by atoms with Gasteiger partial charge >= 0.3 is 0 Å². The number of hydrazine groups is 1. The minimum Gasteiger partial charge on any atom is -0.271 e. The number of sulfone groups is 1. The Morgan fingerprint density at radius 1 is 1.31 bits per heavy atom. The lowest BCUT2D eigenvalue weighted by Gasteiger charge is -2.25. The fraction of sp³-hybridized carbons (Fsp3) is 1.00. The molecule has 1 unspecified atom stereocenters. The minimum absolute atomic E-state index is 0.201. The Hall–Kier alpha value is -0.130. The molecule has 0 bridgehead atoms. The smallest absolute Gasteiger partial charge is 0.150 e. The van der Waals surface area contributed by atoms with E-state index in [0.717, 1.165) is 12.8 Å². The molecule has 0 aliphatic rings. The van der Waals surface area contributed by atoms with Crippen molar-refractivity contribution in [3.63, 3.8) is 0 Å². The zero-order valence-corrected chi connectivity index (χ0v) is 11.7. The van der Waals surface area contributed by atoms with E-state index in [4.69, 9.17) is 5.84 Å². The number of nitrogens with one attached hydrogen (secondary N) is 1. The molecule has 0 aliphatic heterocycles. The van der Waals surface area contributed by atoms with Crippen LogP contribution in [-0.4, -0.2) is 26.0 Å². The average molecular weight is 250 g/mol. The molecule has 16 heavy (non-hydrogen) atoms. The highest BCUT2D eigenvalue weighted by Gasteiger charge is 2.18. The second kappa shape index (κ2) is 6.57. The van der Waals surface area contributed by atoms with Gasteiger partial charge < -0.3 is 0 Å². The van der Waals surface area contributed by atoms with Crippen molar-refractivity contribution < 1.29 is 8.42 Å². The Labute approximate surface area is 99.9 Å². The molecule has 0 aromatic rings. The maximum absolute atomic E-state index is 11.3. The molecule has 0 heterocycles. The lowest BCUT2D eigenvalue weighted by molar-refractivity contribution is 0.299. The summed E-state index contributed by atoms with van der Waals surface area (Å²) in [5.41, 5.74) is 2.98. The number of hydrogen-bond donors (Lipinski definition) is 2. The van der Waals surface area contributed by atoms with Crippen LogP contribution in [-0.2, 0) is 9.84 Å². The molecule has 0 spiro atoms. The van der Waals surface area contributed by atoms with Crippen LogP contribution >= 0.6 is 0 Å². The van der Waals surface area contributed by atoms with Crippen LogP contribution in [0, 0.1) is 5.41 Å². The first-order valence-corrected chi connectivity index (χ1v) is 7.69. The van der Waals surface area contributed by atoms with Gasteiger partial charge in [0.05, 0.1) is 5.75 Å². The predicted molar refractivity (Wildman–Crippen MR) is 68.7 cm³/mol. The van der Waals surface area contributed by atoms with E-state index in [1.807, 2.05) is 0 Å². The van der Waals surface area contributed by atoms with Crippen LogP contribution in [0.25, 0.3) is 0 Å². The number of hydrogen-bond acceptors (Lipinski definition) is 4. The van der Waals surface area contributed by atoms with Gasteiger partial charge in [-0.05, 0) is 24.7 Å². The van der Waals surface area contributed by atoms with Crippen molar-refractivity contribution >= 4 is 9.84 Å². The van der Waals surface area contributed by atoms with Crippen molar-refractivity contribution in [1.82, 2.24) is 5.43 Å². The van der Waals surface area contributed by atoms with Crippen molar-refractivity contribution in [2.24, 2.45) is 11.3 Å². The van der Waals surface area contributed by atoms with E-state index in [0.29, 0.717) is 6.42 Å². The SMILES string of the molecule is CCS(=O)(=O)CCCC(CC(C)(C)C)NN. The van der Waals surface area contributed by atoms with Gasteiger partial charge in [0.15, 0.2) is 0 Å². The number of nitrogens with two attached hydrogens (primary N) is 1. The van der Waals surface area contributed by atoms with Crippen LogP contribution in [0.15, 0.2) is 0 Å². The zero-order valence-electron chi connectivity index (χ0n) is 10.9. The summed E-state index contributed by atoms with van der Waals surface area (Å²) in [6.45, 7) is 8.14. The Kier molecular flexibility index (Phi) is 6.51. The largest absolute Gasteiger partial charge is 0.271 e. The highest BCUT2D eigenvalue weighted by atomic mass is 32.2. The van der Waals surface area contributed by atoms with Crippen LogP contribution in [0.5, 0.6) is 0 Å². The van der Waals surface area contributed by atoms with Gasteiger partial charge in [0.2, 0.25) is 0 Å². The van der Waals surface area contributed by atoms with Gasteiger partial charge in [0.25, 0.3) is 0 Å². The Morgan fingerprint density at radius 2 is 1.88 bits per heavy atom. The van der Waals surface area contributed by atoms with Crippen LogP contribution in [0.3, 0.4) is 0 Å². The third-order valence-electron chi connectivity index (χ3n) is 2.54. The lowest BCUT2D eigenvalue weighted by Crippen LogP contribution is -2.38. The summed E-state index contributed by atoms with van der Waals surface area (Å²) < 4.78 is 22.6. The molecule has 98 valence electrons. The molecule has 1 atom stereocenters. The molecule has 0 fully saturated rings. The predicted octanol–water partition coefficient (Wildman–Crippen LogP) is 1.47. The van der Waals surface area contributed by atoms with E-state index < -0.39 is 9.84 Å². The molecule has 0 aromatic heterocycles. The van der Waals surface area contributed by atoms with Gasteiger partial charge in [-0.2, -0.15) is 0 Å². The summed E-state index contributed by atoms with van der Waals surface area (Å²) in [5, 5.41) is 0. The molecule has 0 saturated heterocycles. The van der Waals surface area contributed by atoms with Crippen LogP contribution in [0.4, 0.5) is 0 Å². The minimum atomic E-state index is -2.84. The molecular weight excluding hydrogens is 224 g/mol. The quantitative estimate of drug-likeness (QED) is 0.530. The molecule has 0 radical (unpaired) electrons. The summed E-state index contributed by atoms with van der Waals surface area (Å²) in [6.07, 6.45) is 2.45. The fourth-order valence-electron chi connectivity index (χ4n) is 1.68. The molecule has 0 saturated carbocycles. The molecule has 0 aromatic carbocycles. The van der Waals surface area contributed by atoms with Crippen molar-refractivity contribution in [2.75, 3.05) is 11.5 Å². The van der Waals surface area contributed by atoms with Gasteiger partial charge in [-0.3, -0.25) is 11.3 Å². The summed E-state index contributed by atoms with van der Waals surface area (Å²) in [7, 11) is -2.84. The normalized spacial score (nSPS) is 15.1. The molecule has 3 N–H and O–H groups in total. The topological polar surface area (TPSA) is 72.2 Å². The maximum atomic E-state index is 11.3. The van der Waals surface area contributed by atoms with Gasteiger partial charge in [-0.1, -0.05) is 27.7 Å². The van der Waals surface area contributed by atoms with E-state index in [2.05, 4.69) is 26.2 Å². The second-order valence-corrected chi connectivity index (χ2v) is 7.98. The monoisotopic (exact) mass is 250 g/mol. The Balaban J connectivity index is 3.98. The highest BCUT2D eigenvalue weighted by Crippen LogP contribution is 2.22. The Morgan fingerprint density at radius 3 is 2.25 bits per heavy atom. The molecule has 0 aliphatic carbocycles. The van der Waals surface area contributed by atoms with Crippen molar-refractivity contribution in [2.45, 2.75) is 53.0 Å². The van der Waals surface area contributed by atoms with Gasteiger partial charge in [-0.25, -0.2) is 8.42 Å². The van der Waals surface area contributed by atoms with Crippen molar-refractivity contribution in [1.29, 1.82) is 0 Å². The third-order valence-corrected chi connectivity index (χ3v) is 4.33. The van der Waals surface area contributed by atoms with Crippen LogP contribution in [0.1, 0.15) is 47.0 Å². The number of rotatable bonds is 7. The average Bonchev–Trinajstić information content (AvgIpc) is 2.14. The maximum Gasteiger partial charge on any atom is 0.150 e. The van der Waals surface area contributed by atoms with Crippen molar-refractivity contribution in [3.8, 4) is 0 Å². The van der Waals surface area contributed by atoms with E-state index in [1.54, 1.807) is 6.92 Å². The fourth-order valence-corrected chi connectivity index (χ4v) is 2.57. The second-order valence-electron chi connectivity index (χ2n) is 5.51. The molecule has 0 amide bonds. The van der Waals surface area contributed by atoms with Gasteiger partial charge in [-0.15, -0.1) is 0 Å². The van der Waals surface area contributed by atoms with Gasteiger partial charge in [0, 0.05) is 11.8 Å². The van der Waals surface area contributed by atoms with E-state index in [-0.39, 0.29) is 23.0 Å². The first-order chi connectivity index (χ1) is 7.20. The molecule has 4 nitrogen and oxygen atoms in total. The summed E-state index contributed by atoms with van der Waals surface area (Å²) in [6, 6.07) is 0.201. The van der Waals surface area contributed by atoms with E-state index >= 15 is 0 Å². The first kappa shape index (κ1) is 15.9. The van der Waals surface area contributed by atoms with E-state index in [9.17, 15) is 8.42 Å². The summed E-state index contributed by atoms with van der Waals surface area (Å²) in [5.74, 6) is 5.96. The van der Waals surface area contributed by atoms with E-state index in [1.165, 1.54) is 0 Å². The highest BCUT2D eigenvalue weighted by molar-refractivity contribution is 7.91. The molecule has 5 heteroatoms. The molecule has 0 rings (SSSR count). The third kappa shape index (κ3) is 8.07. The van der Waals surface area contributed by atoms with Crippen molar-refractivity contribution in [3.05, 3.63) is 0 Å². The van der Waals surface area contributed by atoms with Crippen LogP contribution in [0.2, 0.25) is 0 Å². The summed E-state index contributed by atoms with van der Waals surface area (Å²) in [4.78, 5) is 0. The van der Waals surface area contributed by atoms with Gasteiger partial charge in [0.1, 0.15) is 9.84 Å². The Bertz CT molecular complexity index is 281. The first-order valence-electron chi connectivity index (χ1n) is 5.87. The zero-order chi connectivity index (χ0) is 12.8. The van der Waals surface area contributed by atoms with Crippen LogP contribution < -0.4 is 11.3 Å². The summed E-state index contributed by atoms with van der Waals surface area (Å²) >= 11 is 0. The lowest BCUT2D eigenvalue weighted by atomic mass is 9.87.